The van der Waals surface area contributed by atoms with E-state index in [1.165, 1.54) is 0 Å². The van der Waals surface area contributed by atoms with Crippen LogP contribution in [0.2, 0.25) is 0 Å². The topological polar surface area (TPSA) is 83.6 Å². The molecule has 2 atom stereocenters. The van der Waals surface area contributed by atoms with Gasteiger partial charge in [-0.05, 0) is 18.8 Å². The van der Waals surface area contributed by atoms with Crippen LogP contribution in [0.5, 0.6) is 0 Å². The molecule has 0 aromatic rings. The number of likely N-dealkylation sites (tertiary alicyclic amines) is 1. The molecule has 3 N–H and O–H groups in total. The summed E-state index contributed by atoms with van der Waals surface area (Å²) in [6.45, 7) is 2.76. The third-order valence-electron chi connectivity index (χ3n) is 3.98. The number of rotatable bonds is 2. The number of nitrogens with two attached hydrogens (primary N) is 1. The Labute approximate surface area is 101 Å². The first-order chi connectivity index (χ1) is 7.92. The maximum absolute atomic E-state index is 12.2. The Morgan fingerprint density at radius 1 is 1.41 bits per heavy atom. The molecule has 2 rings (SSSR count). The Morgan fingerprint density at radius 2 is 2.06 bits per heavy atom. The normalized spacial score (nSPS) is 34.2. The molecule has 17 heavy (non-hydrogen) atoms. The van der Waals surface area contributed by atoms with Crippen LogP contribution in [-0.4, -0.2) is 40.5 Å². The number of nitrogens with zero attached hydrogens (tertiary/aromatic N) is 1. The third kappa shape index (κ3) is 2.29. The van der Waals surface area contributed by atoms with Crippen molar-refractivity contribution in [3.63, 3.8) is 0 Å². The quantitative estimate of drug-likeness (QED) is 0.733. The minimum Gasteiger partial charge on any atom is -0.481 e. The Hall–Kier alpha value is -1.10. The van der Waals surface area contributed by atoms with Gasteiger partial charge in [0.1, 0.15) is 0 Å². The zero-order valence-electron chi connectivity index (χ0n) is 10.2. The van der Waals surface area contributed by atoms with E-state index >= 15 is 0 Å². The summed E-state index contributed by atoms with van der Waals surface area (Å²) in [6, 6.07) is 0. The molecule has 1 aliphatic carbocycles. The second kappa shape index (κ2) is 4.29. The van der Waals surface area contributed by atoms with Crippen molar-refractivity contribution in [1.82, 2.24) is 4.90 Å². The largest absolute Gasteiger partial charge is 0.481 e. The first kappa shape index (κ1) is 12.4. The van der Waals surface area contributed by atoms with Gasteiger partial charge in [0, 0.05) is 13.1 Å². The molecule has 2 aliphatic rings. The Balaban J connectivity index is 1.94. The first-order valence-electron chi connectivity index (χ1n) is 6.23. The molecule has 0 bridgehead atoms. The zero-order valence-corrected chi connectivity index (χ0v) is 10.2. The molecule has 1 amide bonds. The van der Waals surface area contributed by atoms with Crippen molar-refractivity contribution in [2.45, 2.75) is 38.1 Å². The van der Waals surface area contributed by atoms with Crippen molar-refractivity contribution in [2.24, 2.45) is 17.6 Å². The molecule has 2 unspecified atom stereocenters. The molecule has 5 nitrogen and oxygen atoms in total. The van der Waals surface area contributed by atoms with E-state index in [4.69, 9.17) is 10.8 Å². The number of hydrogen-bond donors (Lipinski definition) is 2. The lowest BCUT2D eigenvalue weighted by Crippen LogP contribution is -2.63. The van der Waals surface area contributed by atoms with Crippen molar-refractivity contribution in [2.75, 3.05) is 13.1 Å². The van der Waals surface area contributed by atoms with E-state index in [9.17, 15) is 9.59 Å². The second-order valence-electron chi connectivity index (χ2n) is 5.60. The number of carboxylic acids is 1. The van der Waals surface area contributed by atoms with Gasteiger partial charge in [-0.1, -0.05) is 19.8 Å². The number of aliphatic carboxylic acids is 1. The number of amides is 1. The molecule has 1 saturated carbocycles. The van der Waals surface area contributed by atoms with Crippen molar-refractivity contribution >= 4 is 11.9 Å². The smallest absolute Gasteiger partial charge is 0.310 e. The van der Waals surface area contributed by atoms with Gasteiger partial charge in [0.15, 0.2) is 0 Å². The standard InChI is InChI=1S/C12H20N2O3/c1-8-3-2-4-12(13,5-8)11(17)14-6-9(7-14)10(15)16/h8-9H,2-7,13H2,1H3,(H,15,16). The molecule has 2 fully saturated rings. The molecule has 0 spiro atoms. The van der Waals surface area contributed by atoms with Crippen LogP contribution in [-0.2, 0) is 9.59 Å². The van der Waals surface area contributed by atoms with E-state index in [-0.39, 0.29) is 5.91 Å². The molecule has 0 aromatic heterocycles. The van der Waals surface area contributed by atoms with Crippen LogP contribution in [0.4, 0.5) is 0 Å². The molecule has 0 radical (unpaired) electrons. The van der Waals surface area contributed by atoms with Gasteiger partial charge < -0.3 is 15.7 Å². The molecule has 1 heterocycles. The number of carbonyl (C=O) groups excluding carboxylic acids is 1. The van der Waals surface area contributed by atoms with Crippen LogP contribution in [0, 0.1) is 11.8 Å². The van der Waals surface area contributed by atoms with Gasteiger partial charge in [0.05, 0.1) is 11.5 Å². The predicted molar refractivity (Wildman–Crippen MR) is 62.3 cm³/mol. The minimum absolute atomic E-state index is 0.0541. The van der Waals surface area contributed by atoms with Crippen LogP contribution in [0.15, 0.2) is 0 Å². The maximum Gasteiger partial charge on any atom is 0.310 e. The number of carbonyl (C=O) groups is 2. The van der Waals surface area contributed by atoms with Crippen LogP contribution >= 0.6 is 0 Å². The number of hydrogen-bond acceptors (Lipinski definition) is 3. The molecule has 1 aliphatic heterocycles. The van der Waals surface area contributed by atoms with E-state index in [1.807, 2.05) is 0 Å². The van der Waals surface area contributed by atoms with Crippen LogP contribution in [0.1, 0.15) is 32.6 Å². The van der Waals surface area contributed by atoms with E-state index < -0.39 is 17.4 Å². The fourth-order valence-electron chi connectivity index (χ4n) is 2.90. The highest BCUT2D eigenvalue weighted by Gasteiger charge is 2.45. The summed E-state index contributed by atoms with van der Waals surface area (Å²) in [7, 11) is 0. The van der Waals surface area contributed by atoms with Gasteiger partial charge in [0.2, 0.25) is 5.91 Å². The lowest BCUT2D eigenvalue weighted by Gasteiger charge is -2.44. The highest BCUT2D eigenvalue weighted by molar-refractivity contribution is 5.88. The van der Waals surface area contributed by atoms with Crippen molar-refractivity contribution in [3.8, 4) is 0 Å². The molecular formula is C12H20N2O3. The van der Waals surface area contributed by atoms with Gasteiger partial charge >= 0.3 is 5.97 Å². The van der Waals surface area contributed by atoms with Crippen molar-refractivity contribution in [3.05, 3.63) is 0 Å². The van der Waals surface area contributed by atoms with Crippen molar-refractivity contribution < 1.29 is 14.7 Å². The lowest BCUT2D eigenvalue weighted by atomic mass is 9.75. The summed E-state index contributed by atoms with van der Waals surface area (Å²) in [5.74, 6) is -0.795. The van der Waals surface area contributed by atoms with Gasteiger partial charge in [-0.15, -0.1) is 0 Å². The van der Waals surface area contributed by atoms with Gasteiger partial charge in [0.25, 0.3) is 0 Å². The SMILES string of the molecule is CC1CCCC(N)(C(=O)N2CC(C(=O)O)C2)C1. The summed E-state index contributed by atoms with van der Waals surface area (Å²) in [5, 5.41) is 8.78. The van der Waals surface area contributed by atoms with Crippen LogP contribution in [0.25, 0.3) is 0 Å². The fourth-order valence-corrected chi connectivity index (χ4v) is 2.90. The average Bonchev–Trinajstić information content (AvgIpc) is 2.13. The molecule has 96 valence electrons. The minimum atomic E-state index is -0.822. The lowest BCUT2D eigenvalue weighted by molar-refractivity contribution is -0.156. The van der Waals surface area contributed by atoms with Gasteiger partial charge in [-0.25, -0.2) is 0 Å². The summed E-state index contributed by atoms with van der Waals surface area (Å²) in [4.78, 5) is 24.5. The Morgan fingerprint density at radius 3 is 2.59 bits per heavy atom. The summed E-state index contributed by atoms with van der Waals surface area (Å²) in [5.41, 5.74) is 5.44. The van der Waals surface area contributed by atoms with Gasteiger partial charge in [-0.2, -0.15) is 0 Å². The van der Waals surface area contributed by atoms with E-state index in [2.05, 4.69) is 6.92 Å². The highest BCUT2D eigenvalue weighted by Crippen LogP contribution is 2.33. The fraction of sp³-hybridized carbons (Fsp3) is 0.833. The van der Waals surface area contributed by atoms with E-state index in [1.54, 1.807) is 4.90 Å². The van der Waals surface area contributed by atoms with Crippen LogP contribution < -0.4 is 5.73 Å². The Kier molecular flexibility index (Phi) is 3.12. The second-order valence-corrected chi connectivity index (χ2v) is 5.60. The van der Waals surface area contributed by atoms with E-state index in [0.29, 0.717) is 19.0 Å². The maximum atomic E-state index is 12.2. The monoisotopic (exact) mass is 240 g/mol. The highest BCUT2D eigenvalue weighted by atomic mass is 16.4. The summed E-state index contributed by atoms with van der Waals surface area (Å²) >= 11 is 0. The number of carboxylic acid groups (broad SMARTS) is 1. The molecule has 0 aromatic carbocycles. The average molecular weight is 240 g/mol. The van der Waals surface area contributed by atoms with Crippen LogP contribution in [0.3, 0.4) is 0 Å². The zero-order chi connectivity index (χ0) is 12.6. The summed E-state index contributed by atoms with van der Waals surface area (Å²) < 4.78 is 0. The Bertz CT molecular complexity index is 339. The summed E-state index contributed by atoms with van der Waals surface area (Å²) in [6.07, 6.45) is 3.56. The van der Waals surface area contributed by atoms with Gasteiger partial charge in [-0.3, -0.25) is 9.59 Å². The third-order valence-corrected chi connectivity index (χ3v) is 3.98. The first-order valence-corrected chi connectivity index (χ1v) is 6.23. The van der Waals surface area contributed by atoms with E-state index in [0.717, 1.165) is 25.7 Å². The van der Waals surface area contributed by atoms with Crippen molar-refractivity contribution in [1.29, 1.82) is 0 Å². The predicted octanol–water partition coefficient (Wildman–Crippen LogP) is 0.437. The molecule has 1 saturated heterocycles. The molecule has 5 heteroatoms. The molecular weight excluding hydrogens is 220 g/mol.